The van der Waals surface area contributed by atoms with Crippen molar-refractivity contribution < 1.29 is 12.8 Å². The normalized spacial score (nSPS) is 11.4. The van der Waals surface area contributed by atoms with Crippen LogP contribution in [0.15, 0.2) is 51.8 Å². The van der Waals surface area contributed by atoms with Crippen LogP contribution in [0.25, 0.3) is 0 Å². The first-order valence-corrected chi connectivity index (χ1v) is 8.43. The second-order valence-corrected chi connectivity index (χ2v) is 7.08. The van der Waals surface area contributed by atoms with Gasteiger partial charge in [-0.25, -0.2) is 12.8 Å². The van der Waals surface area contributed by atoms with Gasteiger partial charge in [-0.15, -0.1) is 0 Å². The lowest BCUT2D eigenvalue weighted by Crippen LogP contribution is -2.31. The number of sulfonamides is 1. The van der Waals surface area contributed by atoms with E-state index >= 15 is 0 Å². The summed E-state index contributed by atoms with van der Waals surface area (Å²) in [5, 5.41) is 0. The molecule has 21 heavy (non-hydrogen) atoms. The molecule has 0 aliphatic heterocycles. The zero-order chi connectivity index (χ0) is 15.6. The Balaban J connectivity index is 2.51. The fraction of sp³-hybridized carbons (Fsp3) is 0.143. The highest BCUT2D eigenvalue weighted by Gasteiger charge is 2.26. The summed E-state index contributed by atoms with van der Waals surface area (Å²) in [6.45, 7) is 1.87. The molecule has 4 nitrogen and oxygen atoms in total. The van der Waals surface area contributed by atoms with Crippen molar-refractivity contribution in [1.29, 1.82) is 0 Å². The molecule has 0 aromatic heterocycles. The van der Waals surface area contributed by atoms with Crippen molar-refractivity contribution >= 4 is 37.3 Å². The lowest BCUT2D eigenvalue weighted by atomic mass is 10.3. The van der Waals surface area contributed by atoms with Crippen LogP contribution in [-0.2, 0) is 10.0 Å². The standard InChI is InChI=1S/C14H14BrFN2O2S/c1-2-18(12-6-4-11(17)5-7-12)21(19,20)14-8-3-10(15)9-13(14)16/h3-9H,2,17H2,1H3. The lowest BCUT2D eigenvalue weighted by molar-refractivity contribution is 0.564. The topological polar surface area (TPSA) is 63.4 Å². The summed E-state index contributed by atoms with van der Waals surface area (Å²) in [6, 6.07) is 10.3. The molecule has 2 N–H and O–H groups in total. The molecule has 0 saturated carbocycles. The Morgan fingerprint density at radius 1 is 1.19 bits per heavy atom. The Hall–Kier alpha value is -1.60. The molecule has 2 aromatic rings. The number of hydrogen-bond acceptors (Lipinski definition) is 3. The predicted molar refractivity (Wildman–Crippen MR) is 85.2 cm³/mol. The van der Waals surface area contributed by atoms with Gasteiger partial charge in [0.2, 0.25) is 0 Å². The average Bonchev–Trinajstić information content (AvgIpc) is 2.41. The summed E-state index contributed by atoms with van der Waals surface area (Å²) in [4.78, 5) is -0.357. The molecule has 0 spiro atoms. The Morgan fingerprint density at radius 2 is 1.81 bits per heavy atom. The zero-order valence-corrected chi connectivity index (χ0v) is 13.7. The van der Waals surface area contributed by atoms with Crippen LogP contribution in [0, 0.1) is 5.82 Å². The first-order valence-electron chi connectivity index (χ1n) is 6.19. The quantitative estimate of drug-likeness (QED) is 0.836. The maximum Gasteiger partial charge on any atom is 0.267 e. The number of anilines is 2. The third-order valence-corrected chi connectivity index (χ3v) is 5.36. The van der Waals surface area contributed by atoms with E-state index in [1.54, 1.807) is 31.2 Å². The van der Waals surface area contributed by atoms with E-state index in [1.807, 2.05) is 0 Å². The van der Waals surface area contributed by atoms with E-state index in [0.717, 1.165) is 10.4 Å². The lowest BCUT2D eigenvalue weighted by Gasteiger charge is -2.23. The van der Waals surface area contributed by atoms with Gasteiger partial charge < -0.3 is 5.73 Å². The van der Waals surface area contributed by atoms with E-state index in [2.05, 4.69) is 15.9 Å². The maximum absolute atomic E-state index is 14.0. The second kappa shape index (κ2) is 6.03. The molecule has 0 heterocycles. The van der Waals surface area contributed by atoms with Crippen molar-refractivity contribution in [3.8, 4) is 0 Å². The van der Waals surface area contributed by atoms with Crippen LogP contribution in [0.3, 0.4) is 0 Å². The summed E-state index contributed by atoms with van der Waals surface area (Å²) in [6.07, 6.45) is 0. The molecule has 2 aromatic carbocycles. The van der Waals surface area contributed by atoms with Gasteiger partial charge in [-0.05, 0) is 49.4 Å². The van der Waals surface area contributed by atoms with E-state index in [0.29, 0.717) is 15.8 Å². The number of nitrogens with zero attached hydrogens (tertiary/aromatic N) is 1. The van der Waals surface area contributed by atoms with E-state index in [-0.39, 0.29) is 11.4 Å². The summed E-state index contributed by atoms with van der Waals surface area (Å²) in [5.74, 6) is -0.793. The monoisotopic (exact) mass is 372 g/mol. The van der Waals surface area contributed by atoms with Gasteiger partial charge in [0.05, 0.1) is 5.69 Å². The molecule has 0 aliphatic carbocycles. The van der Waals surface area contributed by atoms with Gasteiger partial charge in [0.25, 0.3) is 10.0 Å². The number of benzene rings is 2. The zero-order valence-electron chi connectivity index (χ0n) is 11.3. The molecule has 2 rings (SSSR count). The Bertz CT molecular complexity index is 748. The molecule has 0 saturated heterocycles. The number of rotatable bonds is 4. The van der Waals surface area contributed by atoms with Gasteiger partial charge >= 0.3 is 0 Å². The highest BCUT2D eigenvalue weighted by atomic mass is 79.9. The third-order valence-electron chi connectivity index (χ3n) is 2.93. The van der Waals surface area contributed by atoms with Crippen LogP contribution >= 0.6 is 15.9 Å². The van der Waals surface area contributed by atoms with E-state index in [9.17, 15) is 12.8 Å². The van der Waals surface area contributed by atoms with Crippen molar-refractivity contribution in [2.45, 2.75) is 11.8 Å². The average molecular weight is 373 g/mol. The Labute approximate surface area is 131 Å². The minimum Gasteiger partial charge on any atom is -0.399 e. The number of nitrogens with two attached hydrogens (primary N) is 1. The van der Waals surface area contributed by atoms with Crippen molar-refractivity contribution in [1.82, 2.24) is 0 Å². The molecule has 112 valence electrons. The van der Waals surface area contributed by atoms with Crippen molar-refractivity contribution in [2.75, 3.05) is 16.6 Å². The molecular formula is C14H14BrFN2O2S. The van der Waals surface area contributed by atoms with E-state index in [1.165, 1.54) is 12.1 Å². The number of halogens is 2. The second-order valence-electron chi connectivity index (χ2n) is 4.34. The molecule has 0 radical (unpaired) electrons. The summed E-state index contributed by atoms with van der Waals surface area (Å²) in [7, 11) is -3.97. The third kappa shape index (κ3) is 3.19. The van der Waals surface area contributed by atoms with Crippen LogP contribution in [0.1, 0.15) is 6.92 Å². The van der Waals surface area contributed by atoms with E-state index < -0.39 is 15.8 Å². The summed E-state index contributed by atoms with van der Waals surface area (Å²) < 4.78 is 40.8. The molecular weight excluding hydrogens is 359 g/mol. The van der Waals surface area contributed by atoms with Crippen molar-refractivity contribution in [3.63, 3.8) is 0 Å². The fourth-order valence-electron chi connectivity index (χ4n) is 1.94. The van der Waals surface area contributed by atoms with Crippen LogP contribution in [-0.4, -0.2) is 15.0 Å². The maximum atomic E-state index is 14.0. The molecule has 0 unspecified atom stereocenters. The molecule has 7 heteroatoms. The summed E-state index contributed by atoms with van der Waals surface area (Å²) in [5.41, 5.74) is 6.56. The van der Waals surface area contributed by atoms with Crippen LogP contribution < -0.4 is 10.0 Å². The molecule has 0 amide bonds. The van der Waals surface area contributed by atoms with Gasteiger partial charge in [0.15, 0.2) is 0 Å². The minimum absolute atomic E-state index is 0.182. The summed E-state index contributed by atoms with van der Waals surface area (Å²) >= 11 is 3.11. The predicted octanol–water partition coefficient (Wildman–Crippen LogP) is 3.39. The van der Waals surface area contributed by atoms with Crippen LogP contribution in [0.5, 0.6) is 0 Å². The number of hydrogen-bond donors (Lipinski definition) is 1. The smallest absolute Gasteiger partial charge is 0.267 e. The largest absolute Gasteiger partial charge is 0.399 e. The first kappa shape index (κ1) is 15.8. The molecule has 0 bridgehead atoms. The van der Waals surface area contributed by atoms with Gasteiger partial charge in [0.1, 0.15) is 10.7 Å². The van der Waals surface area contributed by atoms with Crippen LogP contribution in [0.2, 0.25) is 0 Å². The minimum atomic E-state index is -3.97. The highest BCUT2D eigenvalue weighted by Crippen LogP contribution is 2.27. The van der Waals surface area contributed by atoms with Gasteiger partial charge in [-0.1, -0.05) is 15.9 Å². The Morgan fingerprint density at radius 3 is 2.33 bits per heavy atom. The van der Waals surface area contributed by atoms with Gasteiger partial charge in [-0.3, -0.25) is 4.31 Å². The van der Waals surface area contributed by atoms with Crippen molar-refractivity contribution in [3.05, 3.63) is 52.8 Å². The van der Waals surface area contributed by atoms with Gasteiger partial charge in [-0.2, -0.15) is 0 Å². The van der Waals surface area contributed by atoms with Crippen LogP contribution in [0.4, 0.5) is 15.8 Å². The molecule has 0 fully saturated rings. The fourth-order valence-corrected chi connectivity index (χ4v) is 3.79. The molecule has 0 aliphatic rings. The molecule has 0 atom stereocenters. The first-order chi connectivity index (χ1) is 9.86. The van der Waals surface area contributed by atoms with E-state index in [4.69, 9.17) is 5.73 Å². The number of nitrogen functional groups attached to an aromatic ring is 1. The van der Waals surface area contributed by atoms with Gasteiger partial charge in [0, 0.05) is 16.7 Å². The van der Waals surface area contributed by atoms with Crippen molar-refractivity contribution in [2.24, 2.45) is 0 Å². The SMILES string of the molecule is CCN(c1ccc(N)cc1)S(=O)(=O)c1ccc(Br)cc1F. The highest BCUT2D eigenvalue weighted by molar-refractivity contribution is 9.10. The Kier molecular flexibility index (Phi) is 4.53.